The van der Waals surface area contributed by atoms with Crippen molar-refractivity contribution in [1.82, 2.24) is 9.88 Å². The highest BCUT2D eigenvalue weighted by Crippen LogP contribution is 2.49. The number of aromatic nitrogens is 1. The molecule has 1 aliphatic heterocycles. The number of carbonyl (C=O) groups excluding carboxylic acids is 1. The monoisotopic (exact) mass is 352 g/mol. The van der Waals surface area contributed by atoms with Crippen molar-refractivity contribution in [2.75, 3.05) is 0 Å². The lowest BCUT2D eigenvalue weighted by Gasteiger charge is -2.39. The summed E-state index contributed by atoms with van der Waals surface area (Å²) in [5.74, 6) is 0.471. The summed E-state index contributed by atoms with van der Waals surface area (Å²) in [4.78, 5) is 19.6. The van der Waals surface area contributed by atoms with Crippen molar-refractivity contribution in [3.8, 4) is 11.3 Å². The maximum Gasteiger partial charge on any atom is 0.226 e. The second-order valence-electron chi connectivity index (χ2n) is 7.81. The van der Waals surface area contributed by atoms with Crippen molar-refractivity contribution >= 4 is 5.91 Å². The van der Waals surface area contributed by atoms with Crippen LogP contribution in [0.3, 0.4) is 0 Å². The Labute approximate surface area is 154 Å². The maximum atomic E-state index is 13.1. The third-order valence-corrected chi connectivity index (χ3v) is 5.91. The Morgan fingerprint density at radius 2 is 1.77 bits per heavy atom. The summed E-state index contributed by atoms with van der Waals surface area (Å²) in [6.07, 6.45) is 6.24. The van der Waals surface area contributed by atoms with Gasteiger partial charge in [0.15, 0.2) is 0 Å². The van der Waals surface area contributed by atoms with Crippen LogP contribution in [0, 0.1) is 11.7 Å². The Morgan fingerprint density at radius 3 is 2.38 bits per heavy atom. The highest BCUT2D eigenvalue weighted by Gasteiger charge is 2.47. The van der Waals surface area contributed by atoms with Crippen molar-refractivity contribution in [2.45, 2.75) is 57.5 Å². The van der Waals surface area contributed by atoms with E-state index in [2.05, 4.69) is 29.8 Å². The van der Waals surface area contributed by atoms with Gasteiger partial charge in [-0.05, 0) is 81.3 Å². The van der Waals surface area contributed by atoms with Gasteiger partial charge < -0.3 is 4.90 Å². The Bertz CT molecular complexity index is 777. The number of likely N-dealkylation sites (tertiary alicyclic amines) is 1. The molecule has 1 saturated heterocycles. The van der Waals surface area contributed by atoms with E-state index in [-0.39, 0.29) is 11.7 Å². The lowest BCUT2D eigenvalue weighted by Crippen LogP contribution is -2.48. The number of carbonyl (C=O) groups is 1. The predicted octanol–water partition coefficient (Wildman–Crippen LogP) is 4.78. The van der Waals surface area contributed by atoms with Gasteiger partial charge in [0.25, 0.3) is 0 Å². The molecule has 4 heteroatoms. The number of nitrogens with zero attached hydrogens (tertiary/aromatic N) is 2. The minimum absolute atomic E-state index is 0.108. The molecular formula is C22H25FN2O. The van der Waals surface area contributed by atoms with Gasteiger partial charge in [0.2, 0.25) is 5.91 Å². The molecule has 26 heavy (non-hydrogen) atoms. The summed E-state index contributed by atoms with van der Waals surface area (Å²) in [7, 11) is 0. The Morgan fingerprint density at radius 1 is 1.08 bits per heavy atom. The van der Waals surface area contributed by atoms with E-state index < -0.39 is 0 Å². The molecule has 2 heterocycles. The summed E-state index contributed by atoms with van der Waals surface area (Å²) in [5.41, 5.74) is 2.86. The molecule has 0 radical (unpaired) electrons. The van der Waals surface area contributed by atoms with Crippen LogP contribution in [0.2, 0.25) is 0 Å². The van der Waals surface area contributed by atoms with Gasteiger partial charge in [0.1, 0.15) is 5.82 Å². The van der Waals surface area contributed by atoms with Gasteiger partial charge in [0, 0.05) is 29.8 Å². The molecule has 0 bridgehead atoms. The first-order valence-electron chi connectivity index (χ1n) is 9.58. The summed E-state index contributed by atoms with van der Waals surface area (Å²) in [6, 6.07) is 11.1. The summed E-state index contributed by atoms with van der Waals surface area (Å²) < 4.78 is 13.1. The average Bonchev–Trinajstić information content (AvgIpc) is 3.43. The second-order valence-corrected chi connectivity index (χ2v) is 7.81. The van der Waals surface area contributed by atoms with Gasteiger partial charge in [0.05, 0.1) is 5.69 Å². The number of hydrogen-bond acceptors (Lipinski definition) is 2. The molecule has 1 saturated carbocycles. The standard InChI is InChI=1S/C22H25FN2O/c1-14-4-3-5-15(2)25(14)22(26)20-12-19(20)17-8-11-21(24-13-17)16-6-9-18(23)10-7-16/h6-11,13-15,19-20H,3-5,12H2,1-2H3/t14-,15+,19?,20?. The zero-order valence-corrected chi connectivity index (χ0v) is 15.4. The van der Waals surface area contributed by atoms with E-state index in [1.165, 1.54) is 18.6 Å². The number of pyridine rings is 1. The van der Waals surface area contributed by atoms with Crippen LogP contribution >= 0.6 is 0 Å². The zero-order valence-electron chi connectivity index (χ0n) is 15.4. The Kier molecular flexibility index (Phi) is 4.51. The minimum atomic E-state index is -0.245. The number of amides is 1. The molecule has 4 rings (SSSR count). The lowest BCUT2D eigenvalue weighted by molar-refractivity contribution is -0.138. The van der Waals surface area contributed by atoms with Gasteiger partial charge in [-0.2, -0.15) is 0 Å². The van der Waals surface area contributed by atoms with Crippen LogP contribution < -0.4 is 0 Å². The first-order chi connectivity index (χ1) is 12.5. The van der Waals surface area contributed by atoms with E-state index in [1.807, 2.05) is 12.3 Å². The van der Waals surface area contributed by atoms with E-state index >= 15 is 0 Å². The van der Waals surface area contributed by atoms with Gasteiger partial charge >= 0.3 is 0 Å². The zero-order chi connectivity index (χ0) is 18.3. The number of hydrogen-bond donors (Lipinski definition) is 0. The molecule has 136 valence electrons. The fourth-order valence-electron chi connectivity index (χ4n) is 4.30. The second kappa shape index (κ2) is 6.82. The molecule has 1 amide bonds. The van der Waals surface area contributed by atoms with Crippen molar-refractivity contribution in [2.24, 2.45) is 5.92 Å². The van der Waals surface area contributed by atoms with Crippen LogP contribution in [0.15, 0.2) is 42.6 Å². The van der Waals surface area contributed by atoms with Gasteiger partial charge in [-0.1, -0.05) is 6.07 Å². The van der Waals surface area contributed by atoms with Gasteiger partial charge in [-0.3, -0.25) is 9.78 Å². The Hall–Kier alpha value is -2.23. The largest absolute Gasteiger partial charge is 0.337 e. The minimum Gasteiger partial charge on any atom is -0.337 e. The maximum absolute atomic E-state index is 13.1. The van der Waals surface area contributed by atoms with Crippen LogP contribution in [0.25, 0.3) is 11.3 Å². The van der Waals surface area contributed by atoms with Crippen molar-refractivity contribution < 1.29 is 9.18 Å². The molecular weight excluding hydrogens is 327 g/mol. The molecule has 2 aromatic rings. The highest BCUT2D eigenvalue weighted by atomic mass is 19.1. The van der Waals surface area contributed by atoms with E-state index in [0.29, 0.717) is 23.9 Å². The number of halogens is 1. The molecule has 0 spiro atoms. The smallest absolute Gasteiger partial charge is 0.226 e. The van der Waals surface area contributed by atoms with Crippen LogP contribution in [-0.2, 0) is 4.79 Å². The molecule has 4 atom stereocenters. The molecule has 2 aliphatic rings. The normalized spacial score (nSPS) is 28.0. The van der Waals surface area contributed by atoms with E-state index in [0.717, 1.165) is 36.1 Å². The number of rotatable bonds is 3. The fraction of sp³-hybridized carbons (Fsp3) is 0.455. The quantitative estimate of drug-likeness (QED) is 0.796. The van der Waals surface area contributed by atoms with Gasteiger partial charge in [-0.25, -0.2) is 4.39 Å². The topological polar surface area (TPSA) is 33.2 Å². The van der Waals surface area contributed by atoms with Crippen molar-refractivity contribution in [1.29, 1.82) is 0 Å². The van der Waals surface area contributed by atoms with Gasteiger partial charge in [-0.15, -0.1) is 0 Å². The van der Waals surface area contributed by atoms with Crippen LogP contribution in [0.1, 0.15) is 51.0 Å². The fourth-order valence-corrected chi connectivity index (χ4v) is 4.30. The number of piperidine rings is 1. The third kappa shape index (κ3) is 3.25. The summed E-state index contributed by atoms with van der Waals surface area (Å²) >= 11 is 0. The van der Waals surface area contributed by atoms with Crippen molar-refractivity contribution in [3.05, 3.63) is 54.0 Å². The predicted molar refractivity (Wildman–Crippen MR) is 100 cm³/mol. The first-order valence-corrected chi connectivity index (χ1v) is 9.58. The van der Waals surface area contributed by atoms with Crippen LogP contribution in [0.5, 0.6) is 0 Å². The van der Waals surface area contributed by atoms with E-state index in [1.54, 1.807) is 12.1 Å². The average molecular weight is 352 g/mol. The lowest BCUT2D eigenvalue weighted by atomic mass is 9.96. The van der Waals surface area contributed by atoms with Crippen LogP contribution in [0.4, 0.5) is 4.39 Å². The molecule has 0 N–H and O–H groups in total. The highest BCUT2D eigenvalue weighted by molar-refractivity contribution is 5.83. The Balaban J connectivity index is 1.45. The molecule has 2 unspecified atom stereocenters. The summed E-state index contributed by atoms with van der Waals surface area (Å²) in [6.45, 7) is 4.34. The van der Waals surface area contributed by atoms with E-state index in [9.17, 15) is 9.18 Å². The third-order valence-electron chi connectivity index (χ3n) is 5.91. The van der Waals surface area contributed by atoms with E-state index in [4.69, 9.17) is 0 Å². The summed E-state index contributed by atoms with van der Waals surface area (Å²) in [5, 5.41) is 0. The SMILES string of the molecule is C[C@@H]1CCC[C@H](C)N1C(=O)C1CC1c1ccc(-c2ccc(F)cc2)nc1. The molecule has 1 aromatic carbocycles. The van der Waals surface area contributed by atoms with Crippen molar-refractivity contribution in [3.63, 3.8) is 0 Å². The molecule has 3 nitrogen and oxygen atoms in total. The number of benzene rings is 1. The van der Waals surface area contributed by atoms with Crippen LogP contribution in [-0.4, -0.2) is 27.9 Å². The molecule has 1 aliphatic carbocycles. The first kappa shape index (κ1) is 17.2. The molecule has 1 aromatic heterocycles. The molecule has 2 fully saturated rings.